The van der Waals surface area contributed by atoms with E-state index in [1.54, 1.807) is 6.92 Å². The summed E-state index contributed by atoms with van der Waals surface area (Å²) in [5, 5.41) is 0. The van der Waals surface area contributed by atoms with Crippen LogP contribution in [0.25, 0.3) is 0 Å². The van der Waals surface area contributed by atoms with Crippen LogP contribution in [0.3, 0.4) is 0 Å². The van der Waals surface area contributed by atoms with E-state index in [1.807, 2.05) is 7.05 Å². The van der Waals surface area contributed by atoms with E-state index < -0.39 is 10.2 Å². The standard InChI is InChI=1S/C14H27N3O4S/c1-3-21-14(18)12-5-4-9-17(11-12)22(19,20)15-8-10-16(2)13-6-7-13/h12-13,15H,3-11H2,1-2H3. The van der Waals surface area contributed by atoms with E-state index in [1.165, 1.54) is 17.1 Å². The summed E-state index contributed by atoms with van der Waals surface area (Å²) in [5.41, 5.74) is 0. The predicted octanol–water partition coefficient (Wildman–Crippen LogP) is 0.190. The second kappa shape index (κ2) is 7.72. The monoisotopic (exact) mass is 333 g/mol. The molecule has 0 spiro atoms. The summed E-state index contributed by atoms with van der Waals surface area (Å²) in [5.74, 6) is -0.643. The molecule has 0 aromatic carbocycles. The van der Waals surface area contributed by atoms with Gasteiger partial charge >= 0.3 is 5.97 Å². The zero-order valence-corrected chi connectivity index (χ0v) is 14.3. The highest BCUT2D eigenvalue weighted by Crippen LogP contribution is 2.24. The summed E-state index contributed by atoms with van der Waals surface area (Å²) in [7, 11) is -1.50. The first-order valence-electron chi connectivity index (χ1n) is 8.05. The van der Waals surface area contributed by atoms with E-state index in [0.29, 0.717) is 45.1 Å². The molecule has 1 heterocycles. The maximum atomic E-state index is 12.3. The van der Waals surface area contributed by atoms with Crippen molar-refractivity contribution in [2.75, 3.05) is 39.8 Å². The maximum absolute atomic E-state index is 12.3. The Morgan fingerprint density at radius 1 is 1.36 bits per heavy atom. The number of likely N-dealkylation sites (N-methyl/N-ethyl adjacent to an activating group) is 1. The Labute approximate surface area is 133 Å². The first-order chi connectivity index (χ1) is 10.4. The van der Waals surface area contributed by atoms with Crippen molar-refractivity contribution in [3.63, 3.8) is 0 Å². The molecule has 128 valence electrons. The van der Waals surface area contributed by atoms with E-state index in [0.717, 1.165) is 0 Å². The predicted molar refractivity (Wildman–Crippen MR) is 83.5 cm³/mol. The molecule has 1 saturated heterocycles. The molecular weight excluding hydrogens is 306 g/mol. The van der Waals surface area contributed by atoms with Crippen molar-refractivity contribution >= 4 is 16.2 Å². The van der Waals surface area contributed by atoms with Crippen LogP contribution in [0.15, 0.2) is 0 Å². The number of carbonyl (C=O) groups excluding carboxylic acids is 1. The lowest BCUT2D eigenvalue weighted by Gasteiger charge is -2.30. The zero-order chi connectivity index (χ0) is 16.2. The van der Waals surface area contributed by atoms with Gasteiger partial charge in [-0.05, 0) is 39.7 Å². The van der Waals surface area contributed by atoms with Crippen molar-refractivity contribution in [3.05, 3.63) is 0 Å². The van der Waals surface area contributed by atoms with Crippen LogP contribution in [0.2, 0.25) is 0 Å². The molecule has 1 saturated carbocycles. The molecule has 0 bridgehead atoms. The van der Waals surface area contributed by atoms with Gasteiger partial charge in [-0.1, -0.05) is 0 Å². The number of carbonyl (C=O) groups is 1. The normalized spacial score (nSPS) is 23.7. The minimum Gasteiger partial charge on any atom is -0.466 e. The maximum Gasteiger partial charge on any atom is 0.310 e. The van der Waals surface area contributed by atoms with Crippen molar-refractivity contribution in [2.24, 2.45) is 5.92 Å². The molecule has 1 aliphatic carbocycles. The smallest absolute Gasteiger partial charge is 0.310 e. The third kappa shape index (κ3) is 4.91. The Kier molecular flexibility index (Phi) is 6.19. The van der Waals surface area contributed by atoms with Gasteiger partial charge in [0.05, 0.1) is 12.5 Å². The lowest BCUT2D eigenvalue weighted by atomic mass is 10.0. The average Bonchev–Trinajstić information content (AvgIpc) is 3.32. The first kappa shape index (κ1) is 17.7. The van der Waals surface area contributed by atoms with E-state index in [-0.39, 0.29) is 18.4 Å². The molecule has 8 heteroatoms. The fourth-order valence-corrected chi connectivity index (χ4v) is 4.03. The Balaban J connectivity index is 1.81. The van der Waals surface area contributed by atoms with Gasteiger partial charge in [-0.2, -0.15) is 12.7 Å². The third-order valence-electron chi connectivity index (χ3n) is 4.26. The highest BCUT2D eigenvalue weighted by Gasteiger charge is 2.33. The molecule has 0 aromatic heterocycles. The van der Waals surface area contributed by atoms with E-state index in [2.05, 4.69) is 9.62 Å². The van der Waals surface area contributed by atoms with Crippen LogP contribution in [-0.2, 0) is 19.7 Å². The van der Waals surface area contributed by atoms with Crippen LogP contribution in [0.5, 0.6) is 0 Å². The largest absolute Gasteiger partial charge is 0.466 e. The van der Waals surface area contributed by atoms with E-state index in [4.69, 9.17) is 4.74 Å². The second-order valence-electron chi connectivity index (χ2n) is 6.06. The van der Waals surface area contributed by atoms with Gasteiger partial charge in [0.2, 0.25) is 0 Å². The van der Waals surface area contributed by atoms with Crippen LogP contribution in [-0.4, -0.2) is 69.5 Å². The topological polar surface area (TPSA) is 78.9 Å². The number of piperidine rings is 1. The van der Waals surface area contributed by atoms with Crippen molar-refractivity contribution in [1.82, 2.24) is 13.9 Å². The molecule has 1 unspecified atom stereocenters. The Hall–Kier alpha value is -0.700. The van der Waals surface area contributed by atoms with Gasteiger partial charge in [0, 0.05) is 32.2 Å². The fraction of sp³-hybridized carbons (Fsp3) is 0.929. The van der Waals surface area contributed by atoms with Crippen LogP contribution in [0.1, 0.15) is 32.6 Å². The number of esters is 1. The Morgan fingerprint density at radius 3 is 2.73 bits per heavy atom. The molecule has 22 heavy (non-hydrogen) atoms. The van der Waals surface area contributed by atoms with Gasteiger partial charge < -0.3 is 9.64 Å². The van der Waals surface area contributed by atoms with Crippen molar-refractivity contribution in [1.29, 1.82) is 0 Å². The van der Waals surface area contributed by atoms with E-state index in [9.17, 15) is 13.2 Å². The Bertz CT molecular complexity index is 478. The molecule has 2 rings (SSSR count). The van der Waals surface area contributed by atoms with Crippen LogP contribution < -0.4 is 4.72 Å². The molecule has 7 nitrogen and oxygen atoms in total. The van der Waals surface area contributed by atoms with Gasteiger partial charge in [0.15, 0.2) is 0 Å². The number of ether oxygens (including phenoxy) is 1. The highest BCUT2D eigenvalue weighted by atomic mass is 32.2. The number of hydrogen-bond donors (Lipinski definition) is 1. The number of nitrogens with one attached hydrogen (secondary N) is 1. The molecule has 0 aromatic rings. The van der Waals surface area contributed by atoms with Crippen LogP contribution in [0, 0.1) is 5.92 Å². The summed E-state index contributed by atoms with van der Waals surface area (Å²) in [6.07, 6.45) is 3.79. The molecule has 2 aliphatic rings. The second-order valence-corrected chi connectivity index (χ2v) is 7.82. The van der Waals surface area contributed by atoms with Crippen molar-refractivity contribution in [3.8, 4) is 0 Å². The molecular formula is C14H27N3O4S. The van der Waals surface area contributed by atoms with Gasteiger partial charge in [-0.25, -0.2) is 4.72 Å². The van der Waals surface area contributed by atoms with Crippen LogP contribution in [0.4, 0.5) is 0 Å². The summed E-state index contributed by atoms with van der Waals surface area (Å²) < 4.78 is 33.7. The van der Waals surface area contributed by atoms with E-state index >= 15 is 0 Å². The molecule has 0 radical (unpaired) electrons. The van der Waals surface area contributed by atoms with Gasteiger partial charge in [0.1, 0.15) is 0 Å². The average molecular weight is 333 g/mol. The van der Waals surface area contributed by atoms with Gasteiger partial charge in [-0.3, -0.25) is 4.79 Å². The minimum atomic E-state index is -3.52. The summed E-state index contributed by atoms with van der Waals surface area (Å²) in [6, 6.07) is 0.618. The first-order valence-corrected chi connectivity index (χ1v) is 9.49. The number of hydrogen-bond acceptors (Lipinski definition) is 5. The molecule has 0 amide bonds. The minimum absolute atomic E-state index is 0.215. The lowest BCUT2D eigenvalue weighted by Crippen LogP contribution is -2.48. The molecule has 2 fully saturated rings. The number of rotatable bonds is 8. The molecule has 1 N–H and O–H groups in total. The fourth-order valence-electron chi connectivity index (χ4n) is 2.75. The summed E-state index contributed by atoms with van der Waals surface area (Å²) >= 11 is 0. The van der Waals surface area contributed by atoms with Crippen molar-refractivity contribution in [2.45, 2.75) is 38.6 Å². The van der Waals surface area contributed by atoms with Gasteiger partial charge in [-0.15, -0.1) is 0 Å². The third-order valence-corrected chi connectivity index (χ3v) is 5.84. The Morgan fingerprint density at radius 2 is 2.09 bits per heavy atom. The van der Waals surface area contributed by atoms with Gasteiger partial charge in [0.25, 0.3) is 10.2 Å². The quantitative estimate of drug-likeness (QED) is 0.642. The summed E-state index contributed by atoms with van der Waals surface area (Å²) in [6.45, 7) is 3.87. The lowest BCUT2D eigenvalue weighted by molar-refractivity contribution is -0.149. The SMILES string of the molecule is CCOC(=O)C1CCCN(S(=O)(=O)NCCN(C)C2CC2)C1. The van der Waals surface area contributed by atoms with Crippen molar-refractivity contribution < 1.29 is 17.9 Å². The summed E-state index contributed by atoms with van der Waals surface area (Å²) in [4.78, 5) is 14.0. The highest BCUT2D eigenvalue weighted by molar-refractivity contribution is 7.87. The molecule has 1 aliphatic heterocycles. The number of nitrogens with zero attached hydrogens (tertiary/aromatic N) is 2. The van der Waals surface area contributed by atoms with Crippen LogP contribution >= 0.6 is 0 Å². The zero-order valence-electron chi connectivity index (χ0n) is 13.5. The molecule has 1 atom stereocenters.